The Hall–Kier alpha value is -2.68. The first-order valence-electron chi connectivity index (χ1n) is 6.92. The molecule has 0 aliphatic heterocycles. The molecule has 21 heavy (non-hydrogen) atoms. The minimum Gasteiger partial charge on any atom is -0.495 e. The first kappa shape index (κ1) is 13.3. The van der Waals surface area contributed by atoms with Gasteiger partial charge in [-0.05, 0) is 28.5 Å². The Morgan fingerprint density at radius 3 is 2.67 bits per heavy atom. The monoisotopic (exact) mass is 278 g/mol. The molecular weight excluding hydrogens is 260 g/mol. The minimum absolute atomic E-state index is 0.697. The van der Waals surface area contributed by atoms with Crippen molar-refractivity contribution in [3.8, 4) is 5.75 Å². The molecule has 0 saturated carbocycles. The number of ether oxygens (including phenoxy) is 1. The summed E-state index contributed by atoms with van der Waals surface area (Å²) >= 11 is 0. The minimum atomic E-state index is 0.697. The molecule has 0 unspecified atom stereocenters. The summed E-state index contributed by atoms with van der Waals surface area (Å²) < 4.78 is 5.36. The largest absolute Gasteiger partial charge is 0.495 e. The van der Waals surface area contributed by atoms with Gasteiger partial charge < -0.3 is 15.8 Å². The normalized spacial score (nSPS) is 10.5. The van der Waals surface area contributed by atoms with Crippen molar-refractivity contribution < 1.29 is 4.74 Å². The predicted molar refractivity (Wildman–Crippen MR) is 88.7 cm³/mol. The lowest BCUT2D eigenvalue weighted by Crippen LogP contribution is -2.02. The van der Waals surface area contributed by atoms with Crippen LogP contribution in [-0.2, 0) is 6.54 Å². The SMILES string of the molecule is COc1cc(N)ccc1NCc1cccc2ccccc12. The molecule has 106 valence electrons. The second-order valence-electron chi connectivity index (χ2n) is 4.95. The predicted octanol–water partition coefficient (Wildman–Crippen LogP) is 4.04. The van der Waals surface area contributed by atoms with Crippen LogP contribution in [0.25, 0.3) is 10.8 Å². The summed E-state index contributed by atoms with van der Waals surface area (Å²) in [6.07, 6.45) is 0. The van der Waals surface area contributed by atoms with E-state index >= 15 is 0 Å². The van der Waals surface area contributed by atoms with Gasteiger partial charge in [0.2, 0.25) is 0 Å². The molecule has 3 aromatic carbocycles. The second-order valence-corrected chi connectivity index (χ2v) is 4.95. The Bertz CT molecular complexity index is 763. The Balaban J connectivity index is 1.87. The highest BCUT2D eigenvalue weighted by Gasteiger charge is 2.04. The molecule has 3 nitrogen and oxygen atoms in total. The van der Waals surface area contributed by atoms with Gasteiger partial charge in [0, 0.05) is 18.3 Å². The van der Waals surface area contributed by atoms with E-state index in [1.165, 1.54) is 16.3 Å². The van der Waals surface area contributed by atoms with Crippen molar-refractivity contribution >= 4 is 22.1 Å². The number of nitrogens with one attached hydrogen (secondary N) is 1. The second kappa shape index (κ2) is 5.75. The van der Waals surface area contributed by atoms with Gasteiger partial charge in [-0.25, -0.2) is 0 Å². The van der Waals surface area contributed by atoms with Crippen molar-refractivity contribution in [1.82, 2.24) is 0 Å². The third kappa shape index (κ3) is 2.77. The summed E-state index contributed by atoms with van der Waals surface area (Å²) in [7, 11) is 1.65. The number of nitrogen functional groups attached to an aromatic ring is 1. The molecule has 0 radical (unpaired) electrons. The van der Waals surface area contributed by atoms with Crippen molar-refractivity contribution in [3.05, 3.63) is 66.2 Å². The number of anilines is 2. The molecule has 3 N–H and O–H groups in total. The Morgan fingerprint density at radius 1 is 1.00 bits per heavy atom. The van der Waals surface area contributed by atoms with Crippen LogP contribution in [0.1, 0.15) is 5.56 Å². The van der Waals surface area contributed by atoms with Crippen LogP contribution in [-0.4, -0.2) is 7.11 Å². The Kier molecular flexibility index (Phi) is 3.65. The zero-order valence-electron chi connectivity index (χ0n) is 12.0. The van der Waals surface area contributed by atoms with E-state index < -0.39 is 0 Å². The summed E-state index contributed by atoms with van der Waals surface area (Å²) in [5, 5.41) is 5.94. The topological polar surface area (TPSA) is 47.3 Å². The number of hydrogen-bond acceptors (Lipinski definition) is 3. The maximum atomic E-state index is 5.78. The van der Waals surface area contributed by atoms with E-state index in [1.54, 1.807) is 7.11 Å². The summed E-state index contributed by atoms with van der Waals surface area (Å²) in [4.78, 5) is 0. The maximum Gasteiger partial charge on any atom is 0.144 e. The molecule has 0 saturated heterocycles. The van der Waals surface area contributed by atoms with Gasteiger partial charge in [0.15, 0.2) is 0 Å². The molecule has 0 aliphatic carbocycles. The van der Waals surface area contributed by atoms with Crippen LogP contribution in [0.2, 0.25) is 0 Å². The molecule has 3 heteroatoms. The van der Waals surface area contributed by atoms with Crippen molar-refractivity contribution in [1.29, 1.82) is 0 Å². The lowest BCUT2D eigenvalue weighted by Gasteiger charge is -2.13. The summed E-state index contributed by atoms with van der Waals surface area (Å²) in [6.45, 7) is 0.738. The van der Waals surface area contributed by atoms with Crippen LogP contribution in [0, 0.1) is 0 Å². The van der Waals surface area contributed by atoms with Crippen LogP contribution < -0.4 is 15.8 Å². The highest BCUT2D eigenvalue weighted by molar-refractivity contribution is 5.85. The fourth-order valence-electron chi connectivity index (χ4n) is 2.49. The zero-order valence-corrected chi connectivity index (χ0v) is 12.0. The number of fused-ring (bicyclic) bond motifs is 1. The van der Waals surface area contributed by atoms with Crippen LogP contribution >= 0.6 is 0 Å². The van der Waals surface area contributed by atoms with E-state index in [9.17, 15) is 0 Å². The molecule has 0 spiro atoms. The first-order chi connectivity index (χ1) is 10.3. The average molecular weight is 278 g/mol. The molecule has 0 fully saturated rings. The highest BCUT2D eigenvalue weighted by Crippen LogP contribution is 2.28. The number of rotatable bonds is 4. The average Bonchev–Trinajstić information content (AvgIpc) is 2.53. The maximum absolute atomic E-state index is 5.78. The zero-order chi connectivity index (χ0) is 14.7. The van der Waals surface area contributed by atoms with Gasteiger partial charge in [-0.1, -0.05) is 42.5 Å². The number of benzene rings is 3. The Morgan fingerprint density at radius 2 is 1.81 bits per heavy atom. The van der Waals surface area contributed by atoms with Gasteiger partial charge in [0.1, 0.15) is 5.75 Å². The quantitative estimate of drug-likeness (QED) is 0.708. The third-order valence-corrected chi connectivity index (χ3v) is 3.57. The molecule has 3 aromatic rings. The molecule has 0 bridgehead atoms. The van der Waals surface area contributed by atoms with E-state index in [4.69, 9.17) is 10.5 Å². The smallest absolute Gasteiger partial charge is 0.144 e. The summed E-state index contributed by atoms with van der Waals surface area (Å²) in [6, 6.07) is 20.4. The summed E-state index contributed by atoms with van der Waals surface area (Å²) in [5.74, 6) is 0.759. The van der Waals surface area contributed by atoms with Crippen LogP contribution in [0.5, 0.6) is 5.75 Å². The van der Waals surface area contributed by atoms with Gasteiger partial charge >= 0.3 is 0 Å². The molecule has 0 aliphatic rings. The fraction of sp³-hybridized carbons (Fsp3) is 0.111. The molecule has 0 atom stereocenters. The van der Waals surface area contributed by atoms with E-state index in [-0.39, 0.29) is 0 Å². The number of hydrogen-bond donors (Lipinski definition) is 2. The van der Waals surface area contributed by atoms with E-state index in [1.807, 2.05) is 18.2 Å². The van der Waals surface area contributed by atoms with Crippen molar-refractivity contribution in [2.24, 2.45) is 0 Å². The lowest BCUT2D eigenvalue weighted by molar-refractivity contribution is 0.416. The van der Waals surface area contributed by atoms with Gasteiger partial charge in [-0.2, -0.15) is 0 Å². The fourth-order valence-corrected chi connectivity index (χ4v) is 2.49. The third-order valence-electron chi connectivity index (χ3n) is 3.57. The van der Waals surface area contributed by atoms with Crippen LogP contribution in [0.4, 0.5) is 11.4 Å². The number of nitrogens with two attached hydrogens (primary N) is 1. The van der Waals surface area contributed by atoms with Gasteiger partial charge in [-0.3, -0.25) is 0 Å². The van der Waals surface area contributed by atoms with Crippen LogP contribution in [0.3, 0.4) is 0 Å². The van der Waals surface area contributed by atoms with Crippen molar-refractivity contribution in [2.75, 3.05) is 18.2 Å². The summed E-state index contributed by atoms with van der Waals surface area (Å²) in [5.41, 5.74) is 8.67. The molecular formula is C18H18N2O. The Labute approximate surface area is 124 Å². The molecule has 0 aromatic heterocycles. The first-order valence-corrected chi connectivity index (χ1v) is 6.92. The van der Waals surface area contributed by atoms with Gasteiger partial charge in [0.05, 0.1) is 12.8 Å². The van der Waals surface area contributed by atoms with E-state index in [2.05, 4.69) is 47.8 Å². The molecule has 0 amide bonds. The van der Waals surface area contributed by atoms with E-state index in [0.29, 0.717) is 5.69 Å². The standard InChI is InChI=1S/C18H18N2O/c1-21-18-11-15(19)9-10-17(18)20-12-14-7-4-6-13-5-2-3-8-16(13)14/h2-11,20H,12,19H2,1H3. The number of methoxy groups -OCH3 is 1. The van der Waals surface area contributed by atoms with Crippen molar-refractivity contribution in [2.45, 2.75) is 6.54 Å². The highest BCUT2D eigenvalue weighted by atomic mass is 16.5. The molecule has 0 heterocycles. The van der Waals surface area contributed by atoms with Crippen LogP contribution in [0.15, 0.2) is 60.7 Å². The van der Waals surface area contributed by atoms with Gasteiger partial charge in [0.25, 0.3) is 0 Å². The lowest BCUT2D eigenvalue weighted by atomic mass is 10.0. The van der Waals surface area contributed by atoms with E-state index in [0.717, 1.165) is 18.0 Å². The van der Waals surface area contributed by atoms with Gasteiger partial charge in [-0.15, -0.1) is 0 Å². The van der Waals surface area contributed by atoms with Crippen molar-refractivity contribution in [3.63, 3.8) is 0 Å². The molecule has 3 rings (SSSR count).